The zero-order valence-corrected chi connectivity index (χ0v) is 9.88. The maximum absolute atomic E-state index is 10.8. The van der Waals surface area contributed by atoms with E-state index in [-0.39, 0.29) is 5.76 Å². The smallest absolute Gasteiger partial charge is 0.372 e. The van der Waals surface area contributed by atoms with Gasteiger partial charge in [-0.3, -0.25) is 0 Å². The number of aromatic nitrogens is 2. The summed E-state index contributed by atoms with van der Waals surface area (Å²) < 4.78 is 5.22. The predicted molar refractivity (Wildman–Crippen MR) is 63.0 cm³/mol. The lowest BCUT2D eigenvalue weighted by atomic mass is 10.2. The first-order valence-corrected chi connectivity index (χ1v) is 5.45. The number of carbonyl (C=O) groups is 1. The molecule has 2 rings (SSSR count). The van der Waals surface area contributed by atoms with Gasteiger partial charge in [0.05, 0.1) is 12.2 Å². The molecule has 2 aromatic heterocycles. The number of carboxylic acids is 1. The summed E-state index contributed by atoms with van der Waals surface area (Å²) in [6.07, 6.45) is 3.15. The van der Waals surface area contributed by atoms with Crippen molar-refractivity contribution in [1.29, 1.82) is 0 Å². The van der Waals surface area contributed by atoms with E-state index in [4.69, 9.17) is 9.52 Å². The zero-order chi connectivity index (χ0) is 13.0. The Hall–Kier alpha value is -2.21. The molecule has 0 saturated heterocycles. The number of aryl methyl sites for hydroxylation is 1. The molecule has 2 N–H and O–H groups in total. The monoisotopic (exact) mass is 247 g/mol. The van der Waals surface area contributed by atoms with Gasteiger partial charge in [0.25, 0.3) is 0 Å². The average molecular weight is 247 g/mol. The summed E-state index contributed by atoms with van der Waals surface area (Å²) in [7, 11) is 0. The van der Waals surface area contributed by atoms with Crippen molar-refractivity contribution in [2.75, 3.05) is 0 Å². The Balaban J connectivity index is 1.91. The van der Waals surface area contributed by atoms with Crippen molar-refractivity contribution in [2.24, 2.45) is 0 Å². The van der Waals surface area contributed by atoms with Crippen LogP contribution in [-0.4, -0.2) is 21.0 Å². The van der Waals surface area contributed by atoms with Crippen molar-refractivity contribution in [2.45, 2.75) is 20.0 Å². The Bertz CT molecular complexity index is 537. The molecule has 0 aliphatic rings. The van der Waals surface area contributed by atoms with E-state index in [0.717, 1.165) is 5.69 Å². The first-order valence-electron chi connectivity index (χ1n) is 5.45. The molecule has 2 heterocycles. The minimum Gasteiger partial charge on any atom is -0.475 e. The Labute approximate surface area is 104 Å². The Morgan fingerprint density at radius 2 is 2.33 bits per heavy atom. The van der Waals surface area contributed by atoms with E-state index >= 15 is 0 Å². The van der Waals surface area contributed by atoms with E-state index in [1.165, 1.54) is 6.33 Å². The van der Waals surface area contributed by atoms with Crippen LogP contribution in [0.15, 0.2) is 29.1 Å². The molecule has 0 radical (unpaired) electrons. The highest BCUT2D eigenvalue weighted by molar-refractivity contribution is 5.86. The summed E-state index contributed by atoms with van der Waals surface area (Å²) in [4.78, 5) is 18.7. The summed E-state index contributed by atoms with van der Waals surface area (Å²) in [6.45, 7) is 2.74. The van der Waals surface area contributed by atoms with Crippen molar-refractivity contribution in [3.05, 3.63) is 47.4 Å². The zero-order valence-electron chi connectivity index (χ0n) is 9.88. The third kappa shape index (κ3) is 2.92. The molecule has 94 valence electrons. The highest BCUT2D eigenvalue weighted by Gasteiger charge is 2.13. The van der Waals surface area contributed by atoms with Crippen LogP contribution in [0, 0.1) is 6.92 Å². The van der Waals surface area contributed by atoms with Gasteiger partial charge in [0.2, 0.25) is 5.76 Å². The fraction of sp³-hybridized carbons (Fsp3) is 0.250. The summed E-state index contributed by atoms with van der Waals surface area (Å²) in [5.41, 5.74) is 1.49. The normalized spacial score (nSPS) is 10.5. The lowest BCUT2D eigenvalue weighted by molar-refractivity contribution is 0.0659. The van der Waals surface area contributed by atoms with Crippen LogP contribution in [0.1, 0.15) is 27.6 Å². The third-order valence-electron chi connectivity index (χ3n) is 2.41. The van der Waals surface area contributed by atoms with Gasteiger partial charge in [0.1, 0.15) is 12.1 Å². The highest BCUT2D eigenvalue weighted by Crippen LogP contribution is 2.14. The predicted octanol–water partition coefficient (Wildman–Crippen LogP) is 1.37. The highest BCUT2D eigenvalue weighted by atomic mass is 16.4. The Morgan fingerprint density at radius 1 is 1.50 bits per heavy atom. The molecule has 6 heteroatoms. The molecule has 6 nitrogen and oxygen atoms in total. The quantitative estimate of drug-likeness (QED) is 0.829. The fourth-order valence-electron chi connectivity index (χ4n) is 1.58. The first-order chi connectivity index (χ1) is 8.66. The van der Waals surface area contributed by atoms with Gasteiger partial charge in [-0.05, 0) is 19.1 Å². The molecule has 0 spiro atoms. The topological polar surface area (TPSA) is 88.3 Å². The van der Waals surface area contributed by atoms with E-state index in [1.54, 1.807) is 19.2 Å². The first kappa shape index (κ1) is 12.3. The van der Waals surface area contributed by atoms with Gasteiger partial charge >= 0.3 is 5.97 Å². The van der Waals surface area contributed by atoms with Crippen molar-refractivity contribution >= 4 is 5.97 Å². The number of hydrogen-bond donors (Lipinski definition) is 2. The van der Waals surface area contributed by atoms with Crippen LogP contribution in [0.3, 0.4) is 0 Å². The van der Waals surface area contributed by atoms with Crippen LogP contribution in [0.4, 0.5) is 0 Å². The van der Waals surface area contributed by atoms with Gasteiger partial charge in [-0.15, -0.1) is 0 Å². The van der Waals surface area contributed by atoms with Gasteiger partial charge in [0, 0.05) is 18.3 Å². The van der Waals surface area contributed by atoms with Crippen molar-refractivity contribution in [3.8, 4) is 0 Å². The molecular weight excluding hydrogens is 234 g/mol. The van der Waals surface area contributed by atoms with Crippen LogP contribution in [0.2, 0.25) is 0 Å². The molecule has 0 amide bonds. The summed E-state index contributed by atoms with van der Waals surface area (Å²) in [6, 6.07) is 3.53. The second kappa shape index (κ2) is 5.42. The molecule has 0 atom stereocenters. The number of hydrogen-bond acceptors (Lipinski definition) is 5. The van der Waals surface area contributed by atoms with Gasteiger partial charge in [0.15, 0.2) is 0 Å². The molecule has 0 aliphatic carbocycles. The van der Waals surface area contributed by atoms with Crippen molar-refractivity contribution < 1.29 is 14.3 Å². The average Bonchev–Trinajstić information content (AvgIpc) is 2.72. The van der Waals surface area contributed by atoms with E-state index < -0.39 is 5.97 Å². The standard InChI is InChI=1S/C12H13N3O3/c1-8-4-10(18-11(8)12(16)17)6-14-5-9-2-3-13-7-15-9/h2-4,7,14H,5-6H2,1H3,(H,16,17). The van der Waals surface area contributed by atoms with Gasteiger partial charge in [-0.1, -0.05) is 0 Å². The molecule has 0 unspecified atom stereocenters. The second-order valence-corrected chi connectivity index (χ2v) is 3.83. The summed E-state index contributed by atoms with van der Waals surface area (Å²) in [5.74, 6) is -0.456. The molecule has 0 fully saturated rings. The molecule has 0 saturated carbocycles. The maximum Gasteiger partial charge on any atom is 0.372 e. The number of aromatic carboxylic acids is 1. The van der Waals surface area contributed by atoms with Gasteiger partial charge in [-0.2, -0.15) is 0 Å². The van der Waals surface area contributed by atoms with Crippen LogP contribution >= 0.6 is 0 Å². The van der Waals surface area contributed by atoms with E-state index in [2.05, 4.69) is 15.3 Å². The largest absolute Gasteiger partial charge is 0.475 e. The Kier molecular flexibility index (Phi) is 3.69. The minimum atomic E-state index is -1.05. The van der Waals surface area contributed by atoms with Crippen molar-refractivity contribution in [3.63, 3.8) is 0 Å². The minimum absolute atomic E-state index is 0.00571. The number of rotatable bonds is 5. The number of nitrogens with zero attached hydrogens (tertiary/aromatic N) is 2. The van der Waals surface area contributed by atoms with Crippen LogP contribution in [0.25, 0.3) is 0 Å². The van der Waals surface area contributed by atoms with Crippen LogP contribution in [0.5, 0.6) is 0 Å². The van der Waals surface area contributed by atoms with Crippen LogP contribution in [-0.2, 0) is 13.1 Å². The summed E-state index contributed by atoms with van der Waals surface area (Å²) in [5, 5.41) is 12.0. The second-order valence-electron chi connectivity index (χ2n) is 3.83. The number of furan rings is 1. The molecule has 0 aromatic carbocycles. The lowest BCUT2D eigenvalue weighted by Crippen LogP contribution is -2.13. The fourth-order valence-corrected chi connectivity index (χ4v) is 1.58. The van der Waals surface area contributed by atoms with Crippen LogP contribution < -0.4 is 5.32 Å². The third-order valence-corrected chi connectivity index (χ3v) is 2.41. The van der Waals surface area contributed by atoms with E-state index in [1.807, 2.05) is 6.07 Å². The number of nitrogens with one attached hydrogen (secondary N) is 1. The number of carboxylic acid groups (broad SMARTS) is 1. The maximum atomic E-state index is 10.8. The van der Waals surface area contributed by atoms with Gasteiger partial charge in [-0.25, -0.2) is 14.8 Å². The Morgan fingerprint density at radius 3 is 2.94 bits per heavy atom. The SMILES string of the molecule is Cc1cc(CNCc2ccncn2)oc1C(=O)O. The lowest BCUT2D eigenvalue weighted by Gasteiger charge is -2.01. The van der Waals surface area contributed by atoms with Gasteiger partial charge < -0.3 is 14.8 Å². The molecule has 0 bridgehead atoms. The molecule has 0 aliphatic heterocycles. The summed E-state index contributed by atoms with van der Waals surface area (Å²) >= 11 is 0. The van der Waals surface area contributed by atoms with E-state index in [0.29, 0.717) is 24.4 Å². The van der Waals surface area contributed by atoms with E-state index in [9.17, 15) is 4.79 Å². The molecular formula is C12H13N3O3. The molecule has 18 heavy (non-hydrogen) atoms. The van der Waals surface area contributed by atoms with Crippen molar-refractivity contribution in [1.82, 2.24) is 15.3 Å². The molecule has 2 aromatic rings.